The minimum absolute atomic E-state index is 0.116. The molecule has 1 heterocycles. The van der Waals surface area contributed by atoms with Crippen LogP contribution in [-0.4, -0.2) is 17.4 Å². The van der Waals surface area contributed by atoms with Crippen molar-refractivity contribution in [3.63, 3.8) is 0 Å². The Labute approximate surface area is 117 Å². The Morgan fingerprint density at radius 3 is 2.57 bits per heavy atom. The fourth-order valence-electron chi connectivity index (χ4n) is 1.62. The number of para-hydroxylation sites is 1. The van der Waals surface area contributed by atoms with E-state index in [2.05, 4.69) is 4.74 Å². The van der Waals surface area contributed by atoms with E-state index in [1.807, 2.05) is 0 Å². The average molecular weight is 298 g/mol. The molecule has 2 aromatic rings. The zero-order valence-corrected chi connectivity index (χ0v) is 10.4. The maximum absolute atomic E-state index is 12.3. The van der Waals surface area contributed by atoms with Crippen molar-refractivity contribution in [1.29, 1.82) is 0 Å². The molecule has 1 aromatic heterocycles. The number of carboxylic acids is 1. The number of carboxylic acid groups (broad SMARTS) is 1. The van der Waals surface area contributed by atoms with Crippen LogP contribution in [0.3, 0.4) is 0 Å². The van der Waals surface area contributed by atoms with Gasteiger partial charge >= 0.3 is 12.3 Å². The van der Waals surface area contributed by atoms with Gasteiger partial charge in [0.2, 0.25) is 0 Å². The van der Waals surface area contributed by atoms with Crippen LogP contribution in [0.2, 0.25) is 0 Å². The Kier molecular flexibility index (Phi) is 4.02. The molecule has 4 nitrogen and oxygen atoms in total. The molecule has 0 aliphatic rings. The number of carbonyl (C=O) groups is 1. The van der Waals surface area contributed by atoms with Crippen molar-refractivity contribution in [2.45, 2.75) is 6.36 Å². The van der Waals surface area contributed by atoms with Crippen molar-refractivity contribution < 1.29 is 32.2 Å². The van der Waals surface area contributed by atoms with Crippen LogP contribution in [0.5, 0.6) is 5.75 Å². The second-order valence-corrected chi connectivity index (χ2v) is 3.92. The Hall–Kier alpha value is -2.70. The third kappa shape index (κ3) is 4.13. The molecule has 0 bridgehead atoms. The lowest BCUT2D eigenvalue weighted by atomic mass is 10.1. The van der Waals surface area contributed by atoms with E-state index in [-0.39, 0.29) is 17.1 Å². The predicted octanol–water partition coefficient (Wildman–Crippen LogP) is 3.94. The number of furan rings is 1. The van der Waals surface area contributed by atoms with Gasteiger partial charge in [0.25, 0.3) is 0 Å². The van der Waals surface area contributed by atoms with Crippen molar-refractivity contribution in [3.8, 4) is 17.1 Å². The van der Waals surface area contributed by atoms with Crippen LogP contribution < -0.4 is 4.74 Å². The van der Waals surface area contributed by atoms with E-state index in [0.29, 0.717) is 0 Å². The van der Waals surface area contributed by atoms with Gasteiger partial charge in [-0.15, -0.1) is 13.2 Å². The number of aliphatic carboxylic acids is 1. The highest BCUT2D eigenvalue weighted by Crippen LogP contribution is 2.34. The molecule has 0 saturated carbocycles. The van der Waals surface area contributed by atoms with Gasteiger partial charge in [0.1, 0.15) is 17.3 Å². The number of benzene rings is 1. The van der Waals surface area contributed by atoms with Crippen molar-refractivity contribution in [2.75, 3.05) is 0 Å². The molecule has 0 radical (unpaired) electrons. The van der Waals surface area contributed by atoms with Crippen molar-refractivity contribution >= 4 is 12.0 Å². The minimum atomic E-state index is -4.81. The van der Waals surface area contributed by atoms with Crippen LogP contribution in [0.4, 0.5) is 13.2 Å². The van der Waals surface area contributed by atoms with E-state index in [0.717, 1.165) is 12.1 Å². The molecule has 110 valence electrons. The Bertz CT molecular complexity index is 671. The summed E-state index contributed by atoms with van der Waals surface area (Å²) in [5.74, 6) is -1.21. The zero-order valence-electron chi connectivity index (χ0n) is 10.4. The lowest BCUT2D eigenvalue weighted by molar-refractivity contribution is -0.274. The summed E-state index contributed by atoms with van der Waals surface area (Å²) in [6.07, 6.45) is -2.76. The molecule has 2 rings (SSSR count). The first-order valence-electron chi connectivity index (χ1n) is 5.71. The molecule has 0 atom stereocenters. The Morgan fingerprint density at radius 1 is 1.19 bits per heavy atom. The first-order valence-corrected chi connectivity index (χ1v) is 5.71. The second-order valence-electron chi connectivity index (χ2n) is 3.92. The molecule has 0 spiro atoms. The largest absolute Gasteiger partial charge is 0.573 e. The van der Waals surface area contributed by atoms with E-state index < -0.39 is 18.1 Å². The molecule has 0 aliphatic heterocycles. The van der Waals surface area contributed by atoms with Gasteiger partial charge in [-0.3, -0.25) is 0 Å². The summed E-state index contributed by atoms with van der Waals surface area (Å²) in [5.41, 5.74) is 0.116. The molecule has 0 unspecified atom stereocenters. The van der Waals surface area contributed by atoms with Crippen LogP contribution >= 0.6 is 0 Å². The third-order valence-electron chi connectivity index (χ3n) is 2.40. The van der Waals surface area contributed by atoms with Crippen LogP contribution in [0.15, 0.2) is 46.9 Å². The van der Waals surface area contributed by atoms with E-state index in [1.54, 1.807) is 0 Å². The zero-order chi connectivity index (χ0) is 15.5. The van der Waals surface area contributed by atoms with Crippen molar-refractivity contribution in [1.82, 2.24) is 0 Å². The molecular formula is C14H9F3O4. The summed E-state index contributed by atoms with van der Waals surface area (Å²) in [4.78, 5) is 10.4. The van der Waals surface area contributed by atoms with Gasteiger partial charge in [-0.1, -0.05) is 12.1 Å². The van der Waals surface area contributed by atoms with E-state index in [4.69, 9.17) is 9.52 Å². The maximum atomic E-state index is 12.3. The van der Waals surface area contributed by atoms with E-state index >= 15 is 0 Å². The fourth-order valence-corrected chi connectivity index (χ4v) is 1.62. The first-order chi connectivity index (χ1) is 9.85. The summed E-state index contributed by atoms with van der Waals surface area (Å²) >= 11 is 0. The summed E-state index contributed by atoms with van der Waals surface area (Å²) in [6.45, 7) is 0. The van der Waals surface area contributed by atoms with E-state index in [1.165, 1.54) is 36.4 Å². The summed E-state index contributed by atoms with van der Waals surface area (Å²) in [6, 6.07) is 8.38. The van der Waals surface area contributed by atoms with Gasteiger partial charge in [-0.25, -0.2) is 4.79 Å². The summed E-state index contributed by atoms with van der Waals surface area (Å²) in [7, 11) is 0. The topological polar surface area (TPSA) is 59.7 Å². The highest BCUT2D eigenvalue weighted by Gasteiger charge is 2.32. The second kappa shape index (κ2) is 5.74. The number of alkyl halides is 3. The number of halogens is 3. The lowest BCUT2D eigenvalue weighted by Crippen LogP contribution is -2.17. The van der Waals surface area contributed by atoms with Crippen LogP contribution in [-0.2, 0) is 4.79 Å². The molecule has 1 aromatic carbocycles. The smallest absolute Gasteiger partial charge is 0.478 e. The fraction of sp³-hybridized carbons (Fsp3) is 0.0714. The van der Waals surface area contributed by atoms with Crippen molar-refractivity contribution in [3.05, 3.63) is 48.2 Å². The Morgan fingerprint density at radius 2 is 1.90 bits per heavy atom. The number of ether oxygens (including phenoxy) is 1. The molecule has 0 aliphatic carbocycles. The standard InChI is InChI=1S/C14H9F3O4/c15-14(16,17)21-12-4-2-1-3-10(12)11-7-5-9(20-11)6-8-13(18)19/h1-8H,(H,18,19)/b8-6-. The minimum Gasteiger partial charge on any atom is -0.478 e. The van der Waals surface area contributed by atoms with Gasteiger partial charge in [-0.2, -0.15) is 0 Å². The average Bonchev–Trinajstić information content (AvgIpc) is 2.83. The highest BCUT2D eigenvalue weighted by molar-refractivity contribution is 5.84. The number of hydrogen-bond acceptors (Lipinski definition) is 3. The predicted molar refractivity (Wildman–Crippen MR) is 67.5 cm³/mol. The SMILES string of the molecule is O=C(O)/C=C\c1ccc(-c2ccccc2OC(F)(F)F)o1. The van der Waals surface area contributed by atoms with Crippen LogP contribution in [0, 0.1) is 0 Å². The van der Waals surface area contributed by atoms with Gasteiger partial charge in [0, 0.05) is 6.08 Å². The summed E-state index contributed by atoms with van der Waals surface area (Å²) in [5, 5.41) is 8.50. The monoisotopic (exact) mass is 298 g/mol. The molecule has 7 heteroatoms. The van der Waals surface area contributed by atoms with Gasteiger partial charge in [0.05, 0.1) is 5.56 Å². The molecule has 21 heavy (non-hydrogen) atoms. The number of rotatable bonds is 4. The first kappa shape index (κ1) is 14.7. The van der Waals surface area contributed by atoms with Crippen molar-refractivity contribution in [2.24, 2.45) is 0 Å². The van der Waals surface area contributed by atoms with Crippen LogP contribution in [0.25, 0.3) is 17.4 Å². The third-order valence-corrected chi connectivity index (χ3v) is 2.40. The van der Waals surface area contributed by atoms with Gasteiger partial charge in [0.15, 0.2) is 0 Å². The normalized spacial score (nSPS) is 11.8. The van der Waals surface area contributed by atoms with Gasteiger partial charge < -0.3 is 14.3 Å². The molecular weight excluding hydrogens is 289 g/mol. The molecule has 0 saturated heterocycles. The molecule has 1 N–H and O–H groups in total. The number of hydrogen-bond donors (Lipinski definition) is 1. The Balaban J connectivity index is 2.32. The van der Waals surface area contributed by atoms with Crippen LogP contribution in [0.1, 0.15) is 5.76 Å². The quantitative estimate of drug-likeness (QED) is 0.868. The molecule has 0 amide bonds. The highest BCUT2D eigenvalue weighted by atomic mass is 19.4. The van der Waals surface area contributed by atoms with Gasteiger partial charge in [-0.05, 0) is 30.3 Å². The van der Waals surface area contributed by atoms with E-state index in [9.17, 15) is 18.0 Å². The summed E-state index contributed by atoms with van der Waals surface area (Å²) < 4.78 is 46.2. The molecule has 0 fully saturated rings. The lowest BCUT2D eigenvalue weighted by Gasteiger charge is -2.11. The maximum Gasteiger partial charge on any atom is 0.573 e.